The topological polar surface area (TPSA) is 96.0 Å². The predicted molar refractivity (Wildman–Crippen MR) is 63.0 cm³/mol. The number of nitriles is 1. The average Bonchev–Trinajstić information content (AvgIpc) is 2.24. The number of nitrogens with zero attached hydrogens (tertiary/aromatic N) is 1. The second kappa shape index (κ2) is 5.01. The number of nitrogens with one attached hydrogen (secondary N) is 1. The van der Waals surface area contributed by atoms with Crippen molar-refractivity contribution in [3.8, 4) is 6.07 Å². The van der Waals surface area contributed by atoms with Gasteiger partial charge in [0.1, 0.15) is 5.82 Å². The quantitative estimate of drug-likeness (QED) is 0.798. The number of rotatable bonds is 4. The Hall–Kier alpha value is -1.81. The monoisotopic (exact) mass is 257 g/mol. The van der Waals surface area contributed by atoms with E-state index in [1.165, 1.54) is 12.1 Å². The Labute approximate surface area is 99.1 Å². The lowest BCUT2D eigenvalue weighted by Gasteiger charge is -2.11. The largest absolute Gasteiger partial charge is 0.396 e. The first kappa shape index (κ1) is 13.3. The maximum absolute atomic E-state index is 13.1. The van der Waals surface area contributed by atoms with Crippen molar-refractivity contribution in [1.29, 1.82) is 5.26 Å². The molecule has 1 aromatic rings. The first-order valence-corrected chi connectivity index (χ1v) is 6.41. The molecular weight excluding hydrogens is 245 g/mol. The van der Waals surface area contributed by atoms with Crippen molar-refractivity contribution in [2.45, 2.75) is 18.6 Å². The van der Waals surface area contributed by atoms with Crippen LogP contribution in [0.3, 0.4) is 0 Å². The van der Waals surface area contributed by atoms with Crippen LogP contribution in [0.4, 0.5) is 15.8 Å². The van der Waals surface area contributed by atoms with Gasteiger partial charge in [0.15, 0.2) is 5.25 Å². The zero-order valence-corrected chi connectivity index (χ0v) is 9.96. The molecule has 1 aromatic carbocycles. The minimum Gasteiger partial charge on any atom is -0.396 e. The molecule has 0 aliphatic carbocycles. The predicted octanol–water partition coefficient (Wildman–Crippen LogP) is 1.45. The molecule has 1 atom stereocenters. The molecule has 0 spiro atoms. The summed E-state index contributed by atoms with van der Waals surface area (Å²) in [6.45, 7) is 1.58. The number of anilines is 2. The van der Waals surface area contributed by atoms with Crippen LogP contribution in [0.25, 0.3) is 0 Å². The SMILES string of the molecule is CCC(C#N)S(=O)(=O)Nc1ccc(N)c(F)c1. The van der Waals surface area contributed by atoms with Crippen LogP contribution in [-0.2, 0) is 10.0 Å². The molecule has 0 aliphatic heterocycles. The summed E-state index contributed by atoms with van der Waals surface area (Å²) in [6.07, 6.45) is 0.156. The zero-order chi connectivity index (χ0) is 13.1. The normalized spacial score (nSPS) is 12.8. The van der Waals surface area contributed by atoms with Crippen molar-refractivity contribution in [3.05, 3.63) is 24.0 Å². The number of hydrogen-bond acceptors (Lipinski definition) is 4. The second-order valence-electron chi connectivity index (χ2n) is 3.41. The summed E-state index contributed by atoms with van der Waals surface area (Å²) in [5.41, 5.74) is 5.24. The van der Waals surface area contributed by atoms with Gasteiger partial charge >= 0.3 is 0 Å². The maximum Gasteiger partial charge on any atom is 0.249 e. The standard InChI is InChI=1S/C10H12FN3O2S/c1-2-8(6-12)17(15,16)14-7-3-4-10(13)9(11)5-7/h3-5,8,14H,2,13H2,1H3. The summed E-state index contributed by atoms with van der Waals surface area (Å²) < 4.78 is 38.6. The van der Waals surface area contributed by atoms with E-state index in [1.54, 1.807) is 13.0 Å². The maximum atomic E-state index is 13.1. The van der Waals surface area contributed by atoms with Gasteiger partial charge < -0.3 is 5.73 Å². The highest BCUT2D eigenvalue weighted by atomic mass is 32.2. The van der Waals surface area contributed by atoms with Crippen LogP contribution < -0.4 is 10.5 Å². The molecule has 1 unspecified atom stereocenters. The number of nitrogens with two attached hydrogens (primary N) is 1. The molecule has 0 heterocycles. The van der Waals surface area contributed by atoms with E-state index >= 15 is 0 Å². The Morgan fingerprint density at radius 3 is 2.71 bits per heavy atom. The van der Waals surface area contributed by atoms with Crippen LogP contribution in [-0.4, -0.2) is 13.7 Å². The van der Waals surface area contributed by atoms with Gasteiger partial charge in [0.05, 0.1) is 17.4 Å². The molecule has 0 aromatic heterocycles. The van der Waals surface area contributed by atoms with Gasteiger partial charge in [-0.1, -0.05) is 6.92 Å². The van der Waals surface area contributed by atoms with Gasteiger partial charge in [0.2, 0.25) is 10.0 Å². The van der Waals surface area contributed by atoms with Gasteiger partial charge in [-0.2, -0.15) is 5.26 Å². The minimum atomic E-state index is -3.82. The summed E-state index contributed by atoms with van der Waals surface area (Å²) in [5.74, 6) is -0.713. The highest BCUT2D eigenvalue weighted by molar-refractivity contribution is 7.93. The van der Waals surface area contributed by atoms with E-state index < -0.39 is 21.1 Å². The first-order valence-electron chi connectivity index (χ1n) is 4.87. The van der Waals surface area contributed by atoms with Gasteiger partial charge in [-0.25, -0.2) is 12.8 Å². The molecule has 17 heavy (non-hydrogen) atoms. The molecule has 0 saturated heterocycles. The van der Waals surface area contributed by atoms with Gasteiger partial charge in [-0.15, -0.1) is 0 Å². The Morgan fingerprint density at radius 2 is 2.24 bits per heavy atom. The molecule has 0 aliphatic rings. The summed E-state index contributed by atoms with van der Waals surface area (Å²) in [5, 5.41) is 7.51. The van der Waals surface area contributed by atoms with Gasteiger partial charge in [0.25, 0.3) is 0 Å². The van der Waals surface area contributed by atoms with E-state index in [-0.39, 0.29) is 17.8 Å². The fourth-order valence-electron chi connectivity index (χ4n) is 1.21. The molecule has 92 valence electrons. The molecule has 0 bridgehead atoms. The van der Waals surface area contributed by atoms with Gasteiger partial charge in [-0.05, 0) is 18.6 Å². The van der Waals surface area contributed by atoms with E-state index in [0.717, 1.165) is 6.07 Å². The van der Waals surface area contributed by atoms with Crippen molar-refractivity contribution >= 4 is 21.4 Å². The van der Waals surface area contributed by atoms with Gasteiger partial charge in [0, 0.05) is 6.07 Å². The smallest absolute Gasteiger partial charge is 0.249 e. The third-order valence-electron chi connectivity index (χ3n) is 2.15. The minimum absolute atomic E-state index is 0.0467. The highest BCUT2D eigenvalue weighted by Gasteiger charge is 2.23. The molecular formula is C10H12FN3O2S. The average molecular weight is 257 g/mol. The molecule has 0 fully saturated rings. The Balaban J connectivity index is 2.99. The zero-order valence-electron chi connectivity index (χ0n) is 9.14. The number of benzene rings is 1. The molecule has 3 N–H and O–H groups in total. The highest BCUT2D eigenvalue weighted by Crippen LogP contribution is 2.18. The Bertz CT molecular complexity index is 551. The number of hydrogen-bond donors (Lipinski definition) is 2. The molecule has 0 radical (unpaired) electrons. The molecule has 0 saturated carbocycles. The van der Waals surface area contributed by atoms with Crippen molar-refractivity contribution in [2.75, 3.05) is 10.5 Å². The molecule has 0 amide bonds. The van der Waals surface area contributed by atoms with E-state index in [2.05, 4.69) is 4.72 Å². The fraction of sp³-hybridized carbons (Fsp3) is 0.300. The third-order valence-corrected chi connectivity index (χ3v) is 3.86. The summed E-state index contributed by atoms with van der Waals surface area (Å²) in [7, 11) is -3.82. The lowest BCUT2D eigenvalue weighted by atomic mass is 10.3. The first-order chi connectivity index (χ1) is 7.90. The van der Waals surface area contributed by atoms with Crippen LogP contribution in [0.2, 0.25) is 0 Å². The molecule has 7 heteroatoms. The van der Waals surface area contributed by atoms with Crippen LogP contribution in [0.5, 0.6) is 0 Å². The summed E-state index contributed by atoms with van der Waals surface area (Å²) >= 11 is 0. The second-order valence-corrected chi connectivity index (χ2v) is 5.27. The number of sulfonamides is 1. The van der Waals surface area contributed by atoms with E-state index in [1.807, 2.05) is 0 Å². The van der Waals surface area contributed by atoms with E-state index in [9.17, 15) is 12.8 Å². The van der Waals surface area contributed by atoms with Crippen molar-refractivity contribution < 1.29 is 12.8 Å². The fourth-order valence-corrected chi connectivity index (χ4v) is 2.38. The molecule has 5 nitrogen and oxygen atoms in total. The van der Waals surface area contributed by atoms with Crippen molar-refractivity contribution in [2.24, 2.45) is 0 Å². The Morgan fingerprint density at radius 1 is 1.59 bits per heavy atom. The van der Waals surface area contributed by atoms with Gasteiger partial charge in [-0.3, -0.25) is 4.72 Å². The number of halogens is 1. The lowest BCUT2D eigenvalue weighted by Crippen LogP contribution is -2.26. The van der Waals surface area contributed by atoms with Crippen LogP contribution >= 0.6 is 0 Å². The number of nitrogen functional groups attached to an aromatic ring is 1. The summed E-state index contributed by atoms with van der Waals surface area (Å²) in [4.78, 5) is 0. The van der Waals surface area contributed by atoms with Crippen LogP contribution in [0.1, 0.15) is 13.3 Å². The summed E-state index contributed by atoms with van der Waals surface area (Å²) in [6, 6.07) is 5.22. The van der Waals surface area contributed by atoms with E-state index in [0.29, 0.717) is 0 Å². The Kier molecular flexibility index (Phi) is 3.91. The van der Waals surface area contributed by atoms with Crippen LogP contribution in [0, 0.1) is 17.1 Å². The van der Waals surface area contributed by atoms with Crippen molar-refractivity contribution in [1.82, 2.24) is 0 Å². The third kappa shape index (κ3) is 3.07. The van der Waals surface area contributed by atoms with Crippen LogP contribution in [0.15, 0.2) is 18.2 Å². The van der Waals surface area contributed by atoms with Crippen molar-refractivity contribution in [3.63, 3.8) is 0 Å². The van der Waals surface area contributed by atoms with E-state index in [4.69, 9.17) is 11.0 Å². The lowest BCUT2D eigenvalue weighted by molar-refractivity contribution is 0.592. The molecule has 1 rings (SSSR count).